The molecular formula is C17H15N7O. The summed E-state index contributed by atoms with van der Waals surface area (Å²) in [5, 5.41) is 12.1. The van der Waals surface area contributed by atoms with Gasteiger partial charge in [0.25, 0.3) is 5.91 Å². The maximum atomic E-state index is 12.5. The first kappa shape index (κ1) is 15.0. The Balaban J connectivity index is 1.56. The number of nitrogens with one attached hydrogen (secondary N) is 1. The van der Waals surface area contributed by atoms with Crippen molar-refractivity contribution in [1.29, 1.82) is 0 Å². The number of hydrogen-bond donors (Lipinski definition) is 1. The number of carbonyl (C=O) groups excluding carboxylic acids is 1. The van der Waals surface area contributed by atoms with Crippen molar-refractivity contribution in [1.82, 2.24) is 29.5 Å². The second-order valence-electron chi connectivity index (χ2n) is 5.61. The van der Waals surface area contributed by atoms with Gasteiger partial charge in [0.2, 0.25) is 0 Å². The zero-order chi connectivity index (χ0) is 17.4. The minimum Gasteiger partial charge on any atom is -0.321 e. The smallest absolute Gasteiger partial charge is 0.257 e. The second kappa shape index (κ2) is 5.82. The van der Waals surface area contributed by atoms with E-state index >= 15 is 0 Å². The summed E-state index contributed by atoms with van der Waals surface area (Å²) in [7, 11) is 1.83. The number of carbonyl (C=O) groups is 1. The third-order valence-corrected chi connectivity index (χ3v) is 3.87. The molecule has 8 heteroatoms. The molecule has 0 aliphatic rings. The Labute approximate surface area is 143 Å². The van der Waals surface area contributed by atoms with Gasteiger partial charge in [-0.25, -0.2) is 14.6 Å². The second-order valence-corrected chi connectivity index (χ2v) is 5.61. The van der Waals surface area contributed by atoms with E-state index in [1.165, 1.54) is 0 Å². The third kappa shape index (κ3) is 2.74. The first-order chi connectivity index (χ1) is 12.1. The van der Waals surface area contributed by atoms with Crippen LogP contribution < -0.4 is 5.32 Å². The van der Waals surface area contributed by atoms with Crippen LogP contribution >= 0.6 is 0 Å². The fourth-order valence-electron chi connectivity index (χ4n) is 2.64. The summed E-state index contributed by atoms with van der Waals surface area (Å²) in [4.78, 5) is 21.1. The molecule has 0 fully saturated rings. The Hall–Kier alpha value is -3.55. The standard InChI is InChI=1S/C17H15N7O/c1-11-14-8-12(9-19-16(14)23(2)22-11)17(25)21-13-4-5-15(18-10-13)24-7-3-6-20-24/h3-10H,1-2H3,(H,21,25). The molecule has 1 amide bonds. The van der Waals surface area contributed by atoms with Crippen molar-refractivity contribution < 1.29 is 4.79 Å². The Bertz CT molecular complexity index is 1050. The van der Waals surface area contributed by atoms with E-state index in [1.807, 2.05) is 20.0 Å². The maximum Gasteiger partial charge on any atom is 0.257 e. The number of anilines is 1. The molecule has 1 N–H and O–H groups in total. The lowest BCUT2D eigenvalue weighted by Gasteiger charge is -2.06. The van der Waals surface area contributed by atoms with E-state index in [9.17, 15) is 4.79 Å². The van der Waals surface area contributed by atoms with Crippen LogP contribution in [0, 0.1) is 6.92 Å². The number of fused-ring (bicyclic) bond motifs is 1. The highest BCUT2D eigenvalue weighted by Gasteiger charge is 2.12. The highest BCUT2D eigenvalue weighted by Crippen LogP contribution is 2.17. The fourth-order valence-corrected chi connectivity index (χ4v) is 2.64. The van der Waals surface area contributed by atoms with Crippen molar-refractivity contribution in [2.24, 2.45) is 7.05 Å². The van der Waals surface area contributed by atoms with Gasteiger partial charge in [-0.05, 0) is 31.2 Å². The summed E-state index contributed by atoms with van der Waals surface area (Å²) < 4.78 is 3.35. The van der Waals surface area contributed by atoms with Crippen LogP contribution in [0.1, 0.15) is 16.1 Å². The number of aromatic nitrogens is 6. The lowest BCUT2D eigenvalue weighted by molar-refractivity contribution is 0.102. The lowest BCUT2D eigenvalue weighted by Crippen LogP contribution is -2.12. The van der Waals surface area contributed by atoms with E-state index in [-0.39, 0.29) is 5.91 Å². The summed E-state index contributed by atoms with van der Waals surface area (Å²) in [6.07, 6.45) is 6.62. The van der Waals surface area contributed by atoms with Crippen molar-refractivity contribution in [2.45, 2.75) is 6.92 Å². The van der Waals surface area contributed by atoms with Gasteiger partial charge >= 0.3 is 0 Å². The first-order valence-corrected chi connectivity index (χ1v) is 7.68. The van der Waals surface area contributed by atoms with Crippen LogP contribution in [0.15, 0.2) is 49.1 Å². The Morgan fingerprint density at radius 2 is 2.08 bits per heavy atom. The first-order valence-electron chi connectivity index (χ1n) is 7.68. The predicted octanol–water partition coefficient (Wildman–Crippen LogP) is 2.11. The van der Waals surface area contributed by atoms with Crippen molar-refractivity contribution >= 4 is 22.6 Å². The van der Waals surface area contributed by atoms with E-state index in [0.717, 1.165) is 16.7 Å². The van der Waals surface area contributed by atoms with Crippen LogP contribution in [0.25, 0.3) is 16.9 Å². The summed E-state index contributed by atoms with van der Waals surface area (Å²) in [5.74, 6) is 0.434. The number of amides is 1. The highest BCUT2D eigenvalue weighted by atomic mass is 16.1. The number of aryl methyl sites for hydroxylation is 2. The molecule has 0 aliphatic heterocycles. The molecule has 0 saturated carbocycles. The Morgan fingerprint density at radius 1 is 1.20 bits per heavy atom. The molecule has 4 aromatic heterocycles. The molecule has 25 heavy (non-hydrogen) atoms. The highest BCUT2D eigenvalue weighted by molar-refractivity contribution is 6.05. The quantitative estimate of drug-likeness (QED) is 0.620. The number of pyridine rings is 2. The van der Waals surface area contributed by atoms with E-state index in [2.05, 4.69) is 25.5 Å². The molecule has 0 bridgehead atoms. The van der Waals surface area contributed by atoms with Crippen molar-refractivity contribution in [3.8, 4) is 5.82 Å². The average molecular weight is 333 g/mol. The van der Waals surface area contributed by atoms with Gasteiger partial charge in [0.1, 0.15) is 0 Å². The Kier molecular flexibility index (Phi) is 3.50. The lowest BCUT2D eigenvalue weighted by atomic mass is 10.2. The SMILES string of the molecule is Cc1nn(C)c2ncc(C(=O)Nc3ccc(-n4cccn4)nc3)cc12. The molecule has 8 nitrogen and oxygen atoms in total. The minimum absolute atomic E-state index is 0.244. The summed E-state index contributed by atoms with van der Waals surface area (Å²) in [6.45, 7) is 1.89. The molecule has 4 rings (SSSR count). The van der Waals surface area contributed by atoms with Gasteiger partial charge < -0.3 is 5.32 Å². The number of hydrogen-bond acceptors (Lipinski definition) is 5. The molecule has 0 spiro atoms. The maximum absolute atomic E-state index is 12.5. The van der Waals surface area contributed by atoms with Crippen LogP contribution in [0.3, 0.4) is 0 Å². The summed E-state index contributed by atoms with van der Waals surface area (Å²) >= 11 is 0. The molecule has 0 radical (unpaired) electrons. The van der Waals surface area contributed by atoms with Crippen LogP contribution in [0.2, 0.25) is 0 Å². The summed E-state index contributed by atoms with van der Waals surface area (Å²) in [5.41, 5.74) is 2.66. The molecule has 0 unspecified atom stereocenters. The van der Waals surface area contributed by atoms with E-state index in [1.54, 1.807) is 52.4 Å². The largest absolute Gasteiger partial charge is 0.321 e. The third-order valence-electron chi connectivity index (χ3n) is 3.87. The molecule has 4 heterocycles. The van der Waals surface area contributed by atoms with Gasteiger partial charge in [-0.3, -0.25) is 9.48 Å². The van der Waals surface area contributed by atoms with E-state index in [0.29, 0.717) is 17.1 Å². The monoisotopic (exact) mass is 333 g/mol. The molecule has 0 atom stereocenters. The minimum atomic E-state index is -0.244. The zero-order valence-corrected chi connectivity index (χ0v) is 13.7. The van der Waals surface area contributed by atoms with Crippen LogP contribution in [-0.4, -0.2) is 35.4 Å². The van der Waals surface area contributed by atoms with Gasteiger partial charge in [0.15, 0.2) is 11.5 Å². The number of nitrogens with zero attached hydrogens (tertiary/aromatic N) is 6. The summed E-state index contributed by atoms with van der Waals surface area (Å²) in [6, 6.07) is 7.19. The van der Waals surface area contributed by atoms with Gasteiger partial charge in [0.05, 0.1) is 23.1 Å². The average Bonchev–Trinajstić information content (AvgIpc) is 3.24. The molecule has 4 aromatic rings. The fraction of sp³-hybridized carbons (Fsp3) is 0.118. The van der Waals surface area contributed by atoms with Crippen LogP contribution in [0.4, 0.5) is 5.69 Å². The molecule has 0 aliphatic carbocycles. The van der Waals surface area contributed by atoms with Gasteiger partial charge in [-0.1, -0.05) is 0 Å². The van der Waals surface area contributed by atoms with Crippen molar-refractivity contribution in [2.75, 3.05) is 5.32 Å². The zero-order valence-electron chi connectivity index (χ0n) is 13.7. The molecule has 0 aromatic carbocycles. The van der Waals surface area contributed by atoms with E-state index < -0.39 is 0 Å². The van der Waals surface area contributed by atoms with Crippen LogP contribution in [-0.2, 0) is 7.05 Å². The van der Waals surface area contributed by atoms with E-state index in [4.69, 9.17) is 0 Å². The van der Waals surface area contributed by atoms with Crippen LogP contribution in [0.5, 0.6) is 0 Å². The van der Waals surface area contributed by atoms with Gasteiger partial charge in [-0.2, -0.15) is 10.2 Å². The van der Waals surface area contributed by atoms with Crippen molar-refractivity contribution in [3.63, 3.8) is 0 Å². The van der Waals surface area contributed by atoms with Crippen molar-refractivity contribution in [3.05, 3.63) is 60.3 Å². The normalized spacial score (nSPS) is 11.0. The predicted molar refractivity (Wildman–Crippen MR) is 92.6 cm³/mol. The number of rotatable bonds is 3. The molecule has 124 valence electrons. The molecule has 0 saturated heterocycles. The molecular weight excluding hydrogens is 318 g/mol. The Morgan fingerprint density at radius 3 is 2.80 bits per heavy atom. The van der Waals surface area contributed by atoms with Gasteiger partial charge in [-0.15, -0.1) is 0 Å². The topological polar surface area (TPSA) is 90.5 Å². The van der Waals surface area contributed by atoms with Gasteiger partial charge in [0, 0.05) is 31.0 Å².